The van der Waals surface area contributed by atoms with Crippen molar-refractivity contribution in [2.45, 2.75) is 18.4 Å². The van der Waals surface area contributed by atoms with Gasteiger partial charge in [-0.15, -0.1) is 0 Å². The van der Waals surface area contributed by atoms with Crippen LogP contribution in [0.25, 0.3) is 0 Å². The van der Waals surface area contributed by atoms with Crippen molar-refractivity contribution in [3.8, 4) is 5.75 Å². The highest BCUT2D eigenvalue weighted by molar-refractivity contribution is 6.30. The minimum atomic E-state index is -0.0420. The number of hydrogen-bond donors (Lipinski definition) is 2. The third-order valence-electron chi connectivity index (χ3n) is 3.05. The number of rotatable bonds is 4. The van der Waals surface area contributed by atoms with E-state index in [4.69, 9.17) is 22.1 Å². The van der Waals surface area contributed by atoms with Crippen LogP contribution in [0.3, 0.4) is 0 Å². The average molecular weight is 241 g/mol. The Labute approximate surface area is 101 Å². The third-order valence-corrected chi connectivity index (χ3v) is 3.30. The normalized spacial score (nSPS) is 24.6. The van der Waals surface area contributed by atoms with Gasteiger partial charge in [0, 0.05) is 11.6 Å². The van der Waals surface area contributed by atoms with E-state index in [0.717, 1.165) is 23.7 Å². The van der Waals surface area contributed by atoms with Crippen molar-refractivity contribution in [3.05, 3.63) is 29.3 Å². The largest absolute Gasteiger partial charge is 0.492 e. The number of benzene rings is 1. The molecule has 0 aliphatic carbocycles. The van der Waals surface area contributed by atoms with Gasteiger partial charge in [0.15, 0.2) is 0 Å². The second-order valence-corrected chi connectivity index (χ2v) is 4.69. The van der Waals surface area contributed by atoms with Gasteiger partial charge in [-0.1, -0.05) is 11.6 Å². The van der Waals surface area contributed by atoms with Crippen LogP contribution < -0.4 is 15.8 Å². The first-order chi connectivity index (χ1) is 7.74. The summed E-state index contributed by atoms with van der Waals surface area (Å²) in [5, 5.41) is 4.15. The van der Waals surface area contributed by atoms with Gasteiger partial charge < -0.3 is 15.8 Å². The molecule has 1 heterocycles. The number of nitrogens with two attached hydrogens (primary N) is 1. The van der Waals surface area contributed by atoms with Gasteiger partial charge in [0.2, 0.25) is 0 Å². The summed E-state index contributed by atoms with van der Waals surface area (Å²) in [4.78, 5) is 0. The van der Waals surface area contributed by atoms with Crippen LogP contribution in [-0.2, 0) is 0 Å². The lowest BCUT2D eigenvalue weighted by Crippen LogP contribution is -2.51. The van der Waals surface area contributed by atoms with E-state index in [1.54, 1.807) is 0 Å². The molecule has 1 atom stereocenters. The van der Waals surface area contributed by atoms with Crippen LogP contribution in [-0.4, -0.2) is 25.2 Å². The molecule has 1 aliphatic heterocycles. The summed E-state index contributed by atoms with van der Waals surface area (Å²) >= 11 is 5.81. The summed E-state index contributed by atoms with van der Waals surface area (Å²) in [5.41, 5.74) is 5.75. The van der Waals surface area contributed by atoms with Gasteiger partial charge in [-0.2, -0.15) is 0 Å². The van der Waals surface area contributed by atoms with Crippen molar-refractivity contribution in [3.63, 3.8) is 0 Å². The van der Waals surface area contributed by atoms with Crippen molar-refractivity contribution in [1.29, 1.82) is 0 Å². The van der Waals surface area contributed by atoms with Gasteiger partial charge >= 0.3 is 0 Å². The van der Waals surface area contributed by atoms with Crippen molar-refractivity contribution >= 4 is 11.6 Å². The predicted molar refractivity (Wildman–Crippen MR) is 66.0 cm³/mol. The minimum Gasteiger partial charge on any atom is -0.492 e. The van der Waals surface area contributed by atoms with E-state index in [1.807, 2.05) is 24.3 Å². The first-order valence-corrected chi connectivity index (χ1v) is 5.95. The highest BCUT2D eigenvalue weighted by atomic mass is 35.5. The number of nitrogens with one attached hydrogen (secondary N) is 1. The molecule has 0 saturated carbocycles. The molecule has 0 radical (unpaired) electrons. The molecule has 2 rings (SSSR count). The molecule has 1 aromatic rings. The van der Waals surface area contributed by atoms with Crippen molar-refractivity contribution in [2.75, 3.05) is 19.7 Å². The molecule has 4 heteroatoms. The molecule has 1 aliphatic rings. The summed E-state index contributed by atoms with van der Waals surface area (Å²) in [6.07, 6.45) is 2.25. The lowest BCUT2D eigenvalue weighted by molar-refractivity contribution is 0.203. The molecule has 88 valence electrons. The molecule has 1 aromatic carbocycles. The smallest absolute Gasteiger partial charge is 0.119 e. The van der Waals surface area contributed by atoms with E-state index in [1.165, 1.54) is 6.42 Å². The van der Waals surface area contributed by atoms with Crippen LogP contribution in [0.2, 0.25) is 5.02 Å². The second kappa shape index (κ2) is 5.04. The van der Waals surface area contributed by atoms with Crippen LogP contribution in [0.15, 0.2) is 24.3 Å². The maximum absolute atomic E-state index is 5.81. The Morgan fingerprint density at radius 1 is 1.38 bits per heavy atom. The molecule has 0 aromatic heterocycles. The number of halogens is 1. The van der Waals surface area contributed by atoms with E-state index in [0.29, 0.717) is 13.2 Å². The quantitative estimate of drug-likeness (QED) is 0.844. The zero-order valence-electron chi connectivity index (χ0n) is 9.21. The number of hydrogen-bond acceptors (Lipinski definition) is 3. The second-order valence-electron chi connectivity index (χ2n) is 4.26. The fourth-order valence-corrected chi connectivity index (χ4v) is 2.10. The Morgan fingerprint density at radius 2 is 2.12 bits per heavy atom. The van der Waals surface area contributed by atoms with Gasteiger partial charge in [-0.3, -0.25) is 0 Å². The maximum atomic E-state index is 5.81. The third kappa shape index (κ3) is 2.67. The Kier molecular flexibility index (Phi) is 3.69. The van der Waals surface area contributed by atoms with Crippen LogP contribution in [0.1, 0.15) is 12.8 Å². The highest BCUT2D eigenvalue weighted by Crippen LogP contribution is 2.21. The molecule has 1 saturated heterocycles. The van der Waals surface area contributed by atoms with E-state index < -0.39 is 0 Å². The zero-order valence-corrected chi connectivity index (χ0v) is 9.96. The maximum Gasteiger partial charge on any atom is 0.119 e. The molecule has 1 unspecified atom stereocenters. The average Bonchev–Trinajstić information content (AvgIpc) is 2.78. The monoisotopic (exact) mass is 240 g/mol. The summed E-state index contributed by atoms with van der Waals surface area (Å²) in [7, 11) is 0. The van der Waals surface area contributed by atoms with Crippen LogP contribution in [0, 0.1) is 0 Å². The highest BCUT2D eigenvalue weighted by Gasteiger charge is 2.32. The van der Waals surface area contributed by atoms with Crippen LogP contribution in [0.5, 0.6) is 5.75 Å². The lowest BCUT2D eigenvalue weighted by atomic mass is 9.99. The Balaban J connectivity index is 1.93. The fraction of sp³-hybridized carbons (Fsp3) is 0.500. The molecule has 0 bridgehead atoms. The lowest BCUT2D eigenvalue weighted by Gasteiger charge is -2.27. The van der Waals surface area contributed by atoms with Gasteiger partial charge in [0.05, 0.1) is 5.54 Å². The number of ether oxygens (including phenoxy) is 1. The van der Waals surface area contributed by atoms with Crippen molar-refractivity contribution in [1.82, 2.24) is 5.32 Å². The molecule has 16 heavy (non-hydrogen) atoms. The molecule has 0 spiro atoms. The van der Waals surface area contributed by atoms with Gasteiger partial charge in [-0.05, 0) is 43.7 Å². The summed E-state index contributed by atoms with van der Waals surface area (Å²) in [5.74, 6) is 0.839. The molecule has 0 amide bonds. The van der Waals surface area contributed by atoms with Crippen LogP contribution >= 0.6 is 11.6 Å². The zero-order chi connectivity index (χ0) is 11.4. The molecular weight excluding hydrogens is 224 g/mol. The van der Waals surface area contributed by atoms with Gasteiger partial charge in [0.25, 0.3) is 0 Å². The van der Waals surface area contributed by atoms with Crippen molar-refractivity contribution in [2.24, 2.45) is 5.73 Å². The van der Waals surface area contributed by atoms with E-state index in [2.05, 4.69) is 5.32 Å². The Morgan fingerprint density at radius 3 is 2.69 bits per heavy atom. The first kappa shape index (κ1) is 11.7. The summed E-state index contributed by atoms with van der Waals surface area (Å²) < 4.78 is 5.74. The topological polar surface area (TPSA) is 47.3 Å². The van der Waals surface area contributed by atoms with E-state index in [9.17, 15) is 0 Å². The summed E-state index contributed by atoms with van der Waals surface area (Å²) in [6.45, 7) is 2.26. The Hall–Kier alpha value is -0.770. The molecule has 1 fully saturated rings. The van der Waals surface area contributed by atoms with Crippen LogP contribution in [0.4, 0.5) is 0 Å². The molecular formula is C12H17ClN2O. The molecule has 3 nitrogen and oxygen atoms in total. The predicted octanol–water partition coefficient (Wildman–Crippen LogP) is 1.80. The minimum absolute atomic E-state index is 0.0420. The SMILES string of the molecule is NCC1(COc2ccc(Cl)cc2)CCCN1. The van der Waals surface area contributed by atoms with Gasteiger partial charge in [0.1, 0.15) is 12.4 Å². The van der Waals surface area contributed by atoms with Gasteiger partial charge in [-0.25, -0.2) is 0 Å². The van der Waals surface area contributed by atoms with E-state index >= 15 is 0 Å². The van der Waals surface area contributed by atoms with E-state index in [-0.39, 0.29) is 5.54 Å². The molecule has 3 N–H and O–H groups in total. The standard InChI is InChI=1S/C12H17ClN2O/c13-10-2-4-11(5-3-10)16-9-12(8-14)6-1-7-15-12/h2-5,15H,1,6-9,14H2. The summed E-state index contributed by atoms with van der Waals surface area (Å²) in [6, 6.07) is 7.41. The van der Waals surface area contributed by atoms with Crippen molar-refractivity contribution < 1.29 is 4.74 Å². The fourth-order valence-electron chi connectivity index (χ4n) is 1.98. The Bertz CT molecular complexity index is 333. The first-order valence-electron chi connectivity index (χ1n) is 5.58.